The van der Waals surface area contributed by atoms with Crippen molar-refractivity contribution < 1.29 is 4.74 Å². The smallest absolute Gasteiger partial charge is 0.0847 e. The predicted molar refractivity (Wildman–Crippen MR) is 82.0 cm³/mol. The lowest BCUT2D eigenvalue weighted by Crippen LogP contribution is -2.52. The zero-order valence-corrected chi connectivity index (χ0v) is 13.7. The van der Waals surface area contributed by atoms with Crippen LogP contribution in [0.1, 0.15) is 44.0 Å². The molecule has 1 aromatic rings. The second-order valence-electron chi connectivity index (χ2n) is 6.23. The van der Waals surface area contributed by atoms with Crippen LogP contribution in [-0.2, 0) is 18.2 Å². The SMILES string of the molecule is COC1(C(N)Cc2c(Cl)c(C)nn2C)CCC(C)CC1. The third-order valence-corrected chi connectivity index (χ3v) is 5.37. The van der Waals surface area contributed by atoms with Crippen molar-refractivity contribution in [3.63, 3.8) is 0 Å². The number of aromatic nitrogens is 2. The van der Waals surface area contributed by atoms with Crippen LogP contribution in [0.25, 0.3) is 0 Å². The molecular formula is C15H26ClN3O. The molecule has 1 heterocycles. The minimum absolute atomic E-state index is 0.0488. The zero-order chi connectivity index (χ0) is 14.9. The molecule has 0 radical (unpaired) electrons. The number of rotatable bonds is 4. The largest absolute Gasteiger partial charge is 0.377 e. The Hall–Kier alpha value is -0.580. The van der Waals surface area contributed by atoms with Crippen molar-refractivity contribution in [3.8, 4) is 0 Å². The van der Waals surface area contributed by atoms with E-state index in [-0.39, 0.29) is 11.6 Å². The Balaban J connectivity index is 2.15. The molecule has 1 saturated carbocycles. The highest BCUT2D eigenvalue weighted by atomic mass is 35.5. The summed E-state index contributed by atoms with van der Waals surface area (Å²) in [6.45, 7) is 4.22. The molecule has 20 heavy (non-hydrogen) atoms. The van der Waals surface area contributed by atoms with Crippen molar-refractivity contribution in [3.05, 3.63) is 16.4 Å². The van der Waals surface area contributed by atoms with Gasteiger partial charge in [-0.25, -0.2) is 0 Å². The van der Waals surface area contributed by atoms with Crippen LogP contribution in [0.2, 0.25) is 5.02 Å². The molecule has 1 aromatic heterocycles. The van der Waals surface area contributed by atoms with Gasteiger partial charge in [-0.1, -0.05) is 18.5 Å². The van der Waals surface area contributed by atoms with E-state index in [2.05, 4.69) is 12.0 Å². The maximum atomic E-state index is 6.49. The molecule has 4 nitrogen and oxygen atoms in total. The van der Waals surface area contributed by atoms with E-state index in [4.69, 9.17) is 22.1 Å². The van der Waals surface area contributed by atoms with Gasteiger partial charge in [0.05, 0.1) is 22.0 Å². The molecule has 1 aliphatic rings. The average molecular weight is 300 g/mol. The van der Waals surface area contributed by atoms with E-state index < -0.39 is 0 Å². The Morgan fingerprint density at radius 2 is 2.10 bits per heavy atom. The molecule has 0 aliphatic heterocycles. The molecule has 1 aliphatic carbocycles. The average Bonchev–Trinajstić information content (AvgIpc) is 2.66. The highest BCUT2D eigenvalue weighted by Crippen LogP contribution is 2.37. The van der Waals surface area contributed by atoms with Crippen molar-refractivity contribution in [2.75, 3.05) is 7.11 Å². The fraction of sp³-hybridized carbons (Fsp3) is 0.800. The topological polar surface area (TPSA) is 53.1 Å². The van der Waals surface area contributed by atoms with Crippen molar-refractivity contribution in [1.29, 1.82) is 0 Å². The first-order valence-electron chi connectivity index (χ1n) is 7.38. The summed E-state index contributed by atoms with van der Waals surface area (Å²) in [6.07, 6.45) is 5.12. The van der Waals surface area contributed by atoms with Crippen LogP contribution < -0.4 is 5.73 Å². The number of ether oxygens (including phenoxy) is 1. The zero-order valence-electron chi connectivity index (χ0n) is 12.9. The molecule has 0 saturated heterocycles. The summed E-state index contributed by atoms with van der Waals surface area (Å²) in [4.78, 5) is 0. The van der Waals surface area contributed by atoms with Crippen LogP contribution in [0, 0.1) is 12.8 Å². The summed E-state index contributed by atoms with van der Waals surface area (Å²) in [6, 6.07) is -0.0488. The van der Waals surface area contributed by atoms with E-state index in [0.29, 0.717) is 6.42 Å². The van der Waals surface area contributed by atoms with Gasteiger partial charge in [-0.15, -0.1) is 0 Å². The number of methoxy groups -OCH3 is 1. The normalized spacial score (nSPS) is 28.6. The monoisotopic (exact) mass is 299 g/mol. The van der Waals surface area contributed by atoms with Gasteiger partial charge < -0.3 is 10.5 Å². The van der Waals surface area contributed by atoms with Crippen LogP contribution in [0.15, 0.2) is 0 Å². The van der Waals surface area contributed by atoms with Crippen LogP contribution in [0.4, 0.5) is 0 Å². The van der Waals surface area contributed by atoms with Gasteiger partial charge in [-0.2, -0.15) is 5.10 Å². The van der Waals surface area contributed by atoms with Crippen molar-refractivity contribution in [2.45, 2.75) is 57.6 Å². The van der Waals surface area contributed by atoms with Gasteiger partial charge in [0.15, 0.2) is 0 Å². The van der Waals surface area contributed by atoms with Crippen LogP contribution >= 0.6 is 11.6 Å². The standard InChI is InChI=1S/C15H26ClN3O/c1-10-5-7-15(20-4,8-6-10)13(17)9-12-14(16)11(2)18-19(12)3/h10,13H,5-9,17H2,1-4H3. The number of halogens is 1. The summed E-state index contributed by atoms with van der Waals surface area (Å²) >= 11 is 6.33. The fourth-order valence-electron chi connectivity index (χ4n) is 3.27. The number of nitrogens with zero attached hydrogens (tertiary/aromatic N) is 2. The van der Waals surface area contributed by atoms with E-state index in [1.807, 2.05) is 18.7 Å². The first-order chi connectivity index (χ1) is 9.39. The minimum Gasteiger partial charge on any atom is -0.377 e. The number of hydrogen-bond acceptors (Lipinski definition) is 3. The minimum atomic E-state index is -0.214. The Bertz CT molecular complexity index is 464. The molecule has 0 bridgehead atoms. The lowest BCUT2D eigenvalue weighted by Gasteiger charge is -2.42. The molecule has 2 rings (SSSR count). The van der Waals surface area contributed by atoms with E-state index in [1.165, 1.54) is 12.8 Å². The first kappa shape index (κ1) is 15.8. The molecule has 1 atom stereocenters. The van der Waals surface area contributed by atoms with Crippen LogP contribution in [0.5, 0.6) is 0 Å². The van der Waals surface area contributed by atoms with Gasteiger partial charge in [0.25, 0.3) is 0 Å². The fourth-order valence-corrected chi connectivity index (χ4v) is 3.51. The van der Waals surface area contributed by atoms with Crippen LogP contribution in [0.3, 0.4) is 0 Å². The number of nitrogens with two attached hydrogens (primary N) is 1. The highest BCUT2D eigenvalue weighted by Gasteiger charge is 2.40. The van der Waals surface area contributed by atoms with E-state index in [0.717, 1.165) is 35.2 Å². The van der Waals surface area contributed by atoms with E-state index in [9.17, 15) is 0 Å². The molecule has 1 fully saturated rings. The first-order valence-corrected chi connectivity index (χ1v) is 7.76. The predicted octanol–water partition coefficient (Wildman–Crippen LogP) is 2.85. The van der Waals surface area contributed by atoms with Gasteiger partial charge in [0, 0.05) is 26.6 Å². The van der Waals surface area contributed by atoms with Gasteiger partial charge in [0.1, 0.15) is 0 Å². The van der Waals surface area contributed by atoms with Gasteiger partial charge in [-0.05, 0) is 38.5 Å². The summed E-state index contributed by atoms with van der Waals surface area (Å²) in [5.74, 6) is 0.771. The molecule has 0 spiro atoms. The quantitative estimate of drug-likeness (QED) is 0.930. The molecular weight excluding hydrogens is 274 g/mol. The lowest BCUT2D eigenvalue weighted by atomic mass is 9.74. The highest BCUT2D eigenvalue weighted by molar-refractivity contribution is 6.31. The maximum Gasteiger partial charge on any atom is 0.0847 e. The molecule has 1 unspecified atom stereocenters. The third kappa shape index (κ3) is 2.87. The molecule has 0 aromatic carbocycles. The lowest BCUT2D eigenvalue weighted by molar-refractivity contribution is -0.0662. The van der Waals surface area contributed by atoms with Crippen LogP contribution in [-0.4, -0.2) is 28.5 Å². The van der Waals surface area contributed by atoms with Gasteiger partial charge >= 0.3 is 0 Å². The number of hydrogen-bond donors (Lipinski definition) is 1. The Morgan fingerprint density at radius 3 is 2.55 bits per heavy atom. The Morgan fingerprint density at radius 1 is 1.50 bits per heavy atom. The summed E-state index contributed by atoms with van der Waals surface area (Å²) in [5.41, 5.74) is 8.15. The number of aryl methyl sites for hydroxylation is 2. The van der Waals surface area contributed by atoms with E-state index >= 15 is 0 Å². The van der Waals surface area contributed by atoms with E-state index in [1.54, 1.807) is 7.11 Å². The summed E-state index contributed by atoms with van der Waals surface area (Å²) in [5, 5.41) is 5.09. The van der Waals surface area contributed by atoms with Crippen molar-refractivity contribution in [1.82, 2.24) is 9.78 Å². The molecule has 2 N–H and O–H groups in total. The second-order valence-corrected chi connectivity index (χ2v) is 6.61. The summed E-state index contributed by atoms with van der Waals surface area (Å²) in [7, 11) is 3.70. The van der Waals surface area contributed by atoms with Crippen molar-refractivity contribution in [2.24, 2.45) is 18.7 Å². The maximum absolute atomic E-state index is 6.49. The van der Waals surface area contributed by atoms with Gasteiger partial charge in [-0.3, -0.25) is 4.68 Å². The van der Waals surface area contributed by atoms with Crippen molar-refractivity contribution >= 4 is 11.6 Å². The molecule has 114 valence electrons. The second kappa shape index (κ2) is 6.04. The van der Waals surface area contributed by atoms with Gasteiger partial charge in [0.2, 0.25) is 0 Å². The Labute approximate surface area is 126 Å². The molecule has 5 heteroatoms. The Kier molecular flexibility index (Phi) is 4.77. The third-order valence-electron chi connectivity index (χ3n) is 4.88. The summed E-state index contributed by atoms with van der Waals surface area (Å²) < 4.78 is 7.69. The molecule has 0 amide bonds.